The fourth-order valence-corrected chi connectivity index (χ4v) is 7.02. The standard InChI is InChI=1S/C44H30N2/c1-29-17-18-36(28-45-29)32-12-7-11-31(25-32)33-19-23-41-42-24-21-35-26-34(39-16-8-10-30-9-5-6-15-38(30)39)20-22-40(35)44(42)46(43(41)27-33)37-13-3-2-4-14-37/h2-28H,1H3. The number of para-hydroxylation sites is 1. The largest absolute Gasteiger partial charge is 0.309 e. The molecule has 0 saturated carbocycles. The van der Waals surface area contributed by atoms with Crippen LogP contribution in [0.2, 0.25) is 0 Å². The van der Waals surface area contributed by atoms with E-state index >= 15 is 0 Å². The summed E-state index contributed by atoms with van der Waals surface area (Å²) in [7, 11) is 0. The first-order valence-electron chi connectivity index (χ1n) is 15.8. The van der Waals surface area contributed by atoms with Crippen molar-refractivity contribution in [2.75, 3.05) is 0 Å². The van der Waals surface area contributed by atoms with Gasteiger partial charge in [-0.2, -0.15) is 0 Å². The summed E-state index contributed by atoms with van der Waals surface area (Å²) >= 11 is 0. The van der Waals surface area contributed by atoms with Crippen LogP contribution in [0.15, 0.2) is 164 Å². The van der Waals surface area contributed by atoms with Crippen molar-refractivity contribution in [1.82, 2.24) is 9.55 Å². The molecule has 0 saturated heterocycles. The number of aryl methyl sites for hydroxylation is 1. The van der Waals surface area contributed by atoms with E-state index in [0.717, 1.165) is 16.9 Å². The van der Waals surface area contributed by atoms with Gasteiger partial charge in [-0.1, -0.05) is 121 Å². The van der Waals surface area contributed by atoms with E-state index in [4.69, 9.17) is 0 Å². The smallest absolute Gasteiger partial charge is 0.0619 e. The van der Waals surface area contributed by atoms with Gasteiger partial charge < -0.3 is 4.57 Å². The minimum Gasteiger partial charge on any atom is -0.309 e. The number of hydrogen-bond donors (Lipinski definition) is 0. The summed E-state index contributed by atoms with van der Waals surface area (Å²) in [6, 6.07) is 57.4. The van der Waals surface area contributed by atoms with Crippen molar-refractivity contribution in [2.45, 2.75) is 6.92 Å². The molecule has 0 aliphatic rings. The number of benzene rings is 7. The van der Waals surface area contributed by atoms with Crippen LogP contribution in [0.25, 0.3) is 82.4 Å². The van der Waals surface area contributed by atoms with Crippen LogP contribution in [0.3, 0.4) is 0 Å². The van der Waals surface area contributed by atoms with Gasteiger partial charge in [0.05, 0.1) is 11.0 Å². The monoisotopic (exact) mass is 586 g/mol. The SMILES string of the molecule is Cc1ccc(-c2cccc(-c3ccc4c5ccc6cc(-c7cccc8ccccc78)ccc6c5n(-c5ccccc5)c4c3)c2)cn1. The highest BCUT2D eigenvalue weighted by Crippen LogP contribution is 2.40. The van der Waals surface area contributed by atoms with Crippen molar-refractivity contribution in [1.29, 1.82) is 0 Å². The molecule has 0 unspecified atom stereocenters. The van der Waals surface area contributed by atoms with E-state index in [1.165, 1.54) is 71.2 Å². The van der Waals surface area contributed by atoms with Gasteiger partial charge in [-0.05, 0) is 87.3 Å². The average Bonchev–Trinajstić information content (AvgIpc) is 3.46. The van der Waals surface area contributed by atoms with Crippen molar-refractivity contribution >= 4 is 43.4 Å². The molecular formula is C44H30N2. The Morgan fingerprint density at radius 1 is 0.435 bits per heavy atom. The zero-order chi connectivity index (χ0) is 30.6. The van der Waals surface area contributed by atoms with E-state index in [1.807, 2.05) is 13.1 Å². The number of fused-ring (bicyclic) bond motifs is 6. The summed E-state index contributed by atoms with van der Waals surface area (Å²) in [6.07, 6.45) is 1.96. The van der Waals surface area contributed by atoms with Gasteiger partial charge in [-0.25, -0.2) is 0 Å². The molecule has 2 heterocycles. The molecule has 2 nitrogen and oxygen atoms in total. The van der Waals surface area contributed by atoms with Gasteiger partial charge in [-0.3, -0.25) is 4.98 Å². The predicted molar refractivity (Wildman–Crippen MR) is 195 cm³/mol. The first-order valence-corrected chi connectivity index (χ1v) is 15.8. The Bertz CT molecular complexity index is 2570. The zero-order valence-electron chi connectivity index (χ0n) is 25.5. The number of nitrogens with zero attached hydrogens (tertiary/aromatic N) is 2. The van der Waals surface area contributed by atoms with Crippen molar-refractivity contribution in [3.05, 3.63) is 170 Å². The van der Waals surface area contributed by atoms with Crippen LogP contribution >= 0.6 is 0 Å². The Hall–Kier alpha value is -5.99. The second-order valence-electron chi connectivity index (χ2n) is 12.1. The zero-order valence-corrected chi connectivity index (χ0v) is 25.5. The second-order valence-corrected chi connectivity index (χ2v) is 12.1. The van der Waals surface area contributed by atoms with Gasteiger partial charge in [0.1, 0.15) is 0 Å². The first-order chi connectivity index (χ1) is 22.7. The Morgan fingerprint density at radius 3 is 2.00 bits per heavy atom. The summed E-state index contributed by atoms with van der Waals surface area (Å²) in [5.74, 6) is 0. The average molecular weight is 587 g/mol. The normalized spacial score (nSPS) is 11.6. The molecule has 0 bridgehead atoms. The maximum absolute atomic E-state index is 4.53. The number of hydrogen-bond acceptors (Lipinski definition) is 1. The topological polar surface area (TPSA) is 17.8 Å². The van der Waals surface area contributed by atoms with Crippen LogP contribution in [0.4, 0.5) is 0 Å². The molecule has 46 heavy (non-hydrogen) atoms. The van der Waals surface area contributed by atoms with E-state index in [0.29, 0.717) is 0 Å². The fourth-order valence-electron chi connectivity index (χ4n) is 7.02. The summed E-state index contributed by atoms with van der Waals surface area (Å²) in [5, 5.41) is 7.53. The highest BCUT2D eigenvalue weighted by Gasteiger charge is 2.17. The minimum absolute atomic E-state index is 1.02. The van der Waals surface area contributed by atoms with Gasteiger partial charge in [0.15, 0.2) is 0 Å². The third-order valence-electron chi connectivity index (χ3n) is 9.30. The molecule has 0 aliphatic heterocycles. The van der Waals surface area contributed by atoms with Crippen LogP contribution < -0.4 is 0 Å². The third kappa shape index (κ3) is 4.30. The summed E-state index contributed by atoms with van der Waals surface area (Å²) in [4.78, 5) is 4.53. The van der Waals surface area contributed by atoms with Crippen molar-refractivity contribution in [2.24, 2.45) is 0 Å². The molecular weight excluding hydrogens is 556 g/mol. The maximum Gasteiger partial charge on any atom is 0.0619 e. The molecule has 0 amide bonds. The first kappa shape index (κ1) is 26.4. The van der Waals surface area contributed by atoms with Gasteiger partial charge in [0.2, 0.25) is 0 Å². The molecule has 0 fully saturated rings. The van der Waals surface area contributed by atoms with E-state index in [2.05, 4.69) is 167 Å². The van der Waals surface area contributed by atoms with Gasteiger partial charge in [0.25, 0.3) is 0 Å². The summed E-state index contributed by atoms with van der Waals surface area (Å²) in [6.45, 7) is 2.02. The van der Waals surface area contributed by atoms with E-state index in [1.54, 1.807) is 0 Å². The van der Waals surface area contributed by atoms with Crippen molar-refractivity contribution in [3.63, 3.8) is 0 Å². The molecule has 2 aromatic heterocycles. The number of rotatable bonds is 4. The quantitative estimate of drug-likeness (QED) is 0.201. The Labute approximate surface area is 267 Å². The van der Waals surface area contributed by atoms with Crippen LogP contribution in [0.5, 0.6) is 0 Å². The van der Waals surface area contributed by atoms with Crippen molar-refractivity contribution in [3.8, 4) is 39.1 Å². The highest BCUT2D eigenvalue weighted by molar-refractivity contribution is 6.19. The Kier molecular flexibility index (Phi) is 6.07. The molecule has 9 rings (SSSR count). The van der Waals surface area contributed by atoms with E-state index in [9.17, 15) is 0 Å². The van der Waals surface area contributed by atoms with Crippen molar-refractivity contribution < 1.29 is 0 Å². The molecule has 0 radical (unpaired) electrons. The Balaban J connectivity index is 1.26. The fraction of sp³-hybridized carbons (Fsp3) is 0.0227. The lowest BCUT2D eigenvalue weighted by Crippen LogP contribution is -1.94. The van der Waals surface area contributed by atoms with Gasteiger partial charge in [0, 0.05) is 39.3 Å². The molecule has 2 heteroatoms. The molecule has 0 spiro atoms. The van der Waals surface area contributed by atoms with Gasteiger partial charge >= 0.3 is 0 Å². The van der Waals surface area contributed by atoms with Crippen LogP contribution in [0.1, 0.15) is 5.69 Å². The summed E-state index contributed by atoms with van der Waals surface area (Å²) < 4.78 is 2.45. The minimum atomic E-state index is 1.02. The maximum atomic E-state index is 4.53. The number of pyridine rings is 1. The molecule has 0 N–H and O–H groups in total. The lowest BCUT2D eigenvalue weighted by atomic mass is 9.95. The number of aromatic nitrogens is 2. The Morgan fingerprint density at radius 2 is 1.13 bits per heavy atom. The lowest BCUT2D eigenvalue weighted by Gasteiger charge is -2.12. The molecule has 216 valence electrons. The molecule has 0 aliphatic carbocycles. The van der Waals surface area contributed by atoms with E-state index < -0.39 is 0 Å². The molecule has 9 aromatic rings. The molecule has 0 atom stereocenters. The van der Waals surface area contributed by atoms with Crippen LogP contribution in [0, 0.1) is 6.92 Å². The third-order valence-corrected chi connectivity index (χ3v) is 9.30. The van der Waals surface area contributed by atoms with Crippen LogP contribution in [-0.2, 0) is 0 Å². The van der Waals surface area contributed by atoms with E-state index in [-0.39, 0.29) is 0 Å². The highest BCUT2D eigenvalue weighted by atomic mass is 15.0. The van der Waals surface area contributed by atoms with Gasteiger partial charge in [-0.15, -0.1) is 0 Å². The molecule has 7 aromatic carbocycles. The predicted octanol–water partition coefficient (Wildman–Crippen LogP) is 11.8. The second kappa shape index (κ2) is 10.6. The van der Waals surface area contributed by atoms with Crippen LogP contribution in [-0.4, -0.2) is 9.55 Å². The lowest BCUT2D eigenvalue weighted by molar-refractivity contribution is 1.19. The summed E-state index contributed by atoms with van der Waals surface area (Å²) in [5.41, 5.74) is 11.8.